The van der Waals surface area contributed by atoms with Gasteiger partial charge < -0.3 is 29.6 Å². The smallest absolute Gasteiger partial charge is 0.247 e. The van der Waals surface area contributed by atoms with E-state index in [1.54, 1.807) is 30.0 Å². The number of fused-ring (bicyclic) bond motifs is 1. The normalized spacial score (nSPS) is 16.2. The van der Waals surface area contributed by atoms with E-state index in [2.05, 4.69) is 27.1 Å². The van der Waals surface area contributed by atoms with E-state index in [1.807, 2.05) is 39.0 Å². The highest BCUT2D eigenvalue weighted by molar-refractivity contribution is 6.08. The van der Waals surface area contributed by atoms with Crippen LogP contribution in [0.4, 0.5) is 40.3 Å². The van der Waals surface area contributed by atoms with Gasteiger partial charge in [0.1, 0.15) is 23.4 Å². The van der Waals surface area contributed by atoms with Crippen molar-refractivity contribution in [3.8, 4) is 22.3 Å². The Morgan fingerprint density at radius 2 is 1.30 bits per heavy atom. The average molecular weight is 877 g/mol. The summed E-state index contributed by atoms with van der Waals surface area (Å²) in [5.74, 6) is -2.86. The molecular weight excluding hydrogens is 833 g/mol. The fraction of sp³-hybridized carbons (Fsp3) is 0.277. The van der Waals surface area contributed by atoms with Crippen molar-refractivity contribution in [3.63, 3.8) is 0 Å². The largest absolute Gasteiger partial charge is 0.397 e. The van der Waals surface area contributed by atoms with Crippen LogP contribution < -0.4 is 20.9 Å². The maximum absolute atomic E-state index is 14.0. The summed E-state index contributed by atoms with van der Waals surface area (Å²) in [5, 5.41) is 10.8. The van der Waals surface area contributed by atoms with E-state index >= 15 is 0 Å². The number of nitrogens with two attached hydrogens (primary N) is 1. The van der Waals surface area contributed by atoms with Gasteiger partial charge in [0.25, 0.3) is 0 Å². The molecule has 0 saturated carbocycles. The molecule has 0 radical (unpaired) electrons. The monoisotopic (exact) mass is 876 g/mol. The minimum Gasteiger partial charge on any atom is -0.397 e. The van der Waals surface area contributed by atoms with Crippen LogP contribution in [-0.4, -0.2) is 43.6 Å². The lowest BCUT2D eigenvalue weighted by Gasteiger charge is -2.25. The van der Waals surface area contributed by atoms with Crippen LogP contribution in [0.1, 0.15) is 73.8 Å². The second-order valence-electron chi connectivity index (χ2n) is 15.8. The number of carbonyl (C=O) groups is 3. The number of halogens is 4. The number of hydrogen-bond acceptors (Lipinski definition) is 9. The lowest BCUT2D eigenvalue weighted by Crippen LogP contribution is -2.42. The number of carbonyl (C=O) groups excluding carboxylic acids is 3. The summed E-state index contributed by atoms with van der Waals surface area (Å²) in [5.41, 5.74) is 14.0. The van der Waals surface area contributed by atoms with E-state index in [0.717, 1.165) is 87.8 Å². The van der Waals surface area contributed by atoms with E-state index in [9.17, 15) is 31.9 Å². The van der Waals surface area contributed by atoms with Crippen molar-refractivity contribution in [1.82, 2.24) is 19.9 Å². The number of rotatable bonds is 9. The molecule has 2 saturated heterocycles. The highest BCUT2D eigenvalue weighted by atomic mass is 19.2. The molecule has 2 aliphatic rings. The number of anilines is 4. The number of nitrogens with one attached hydrogen (secondary N) is 1. The predicted octanol–water partition coefficient (Wildman–Crippen LogP) is 9.82. The Morgan fingerprint density at radius 3 is 1.88 bits per heavy atom. The first-order chi connectivity index (χ1) is 30.6. The van der Waals surface area contributed by atoms with Gasteiger partial charge in [-0.15, -0.1) is 0 Å². The standard InChI is InChI=1S/C25H24F2N4O2.C22H20F2N4O3/c1-4-11-30-21-8-5-16(24-14(2)29-33-15(24)3)12-20(21)28-25(30)22-9-10-23(32)31(22)17-6-7-18(26)19(27)13-17;1-11-21(12(2)31-27-11)13-3-6-17(25)18(9-13)26-22(30)19-7-8-20(29)28(19)14-4-5-15(23)16(24)10-14/h5-8,12-13,22H,4,9-11H2,1-3H3;3-6,9-10,19H,7-8,25H2,1-2H3,(H,26,30)/t22-;19-/m00/s1. The molecule has 2 aliphatic heterocycles. The number of nitrogens with zero attached hydrogens (tertiary/aromatic N) is 6. The van der Waals surface area contributed by atoms with Gasteiger partial charge in [0.2, 0.25) is 17.7 Å². The maximum Gasteiger partial charge on any atom is 0.247 e. The van der Waals surface area contributed by atoms with Crippen LogP contribution in [0.2, 0.25) is 0 Å². The second-order valence-corrected chi connectivity index (χ2v) is 15.8. The molecule has 4 aromatic carbocycles. The second kappa shape index (κ2) is 17.5. The fourth-order valence-electron chi connectivity index (χ4n) is 8.62. The summed E-state index contributed by atoms with van der Waals surface area (Å²) in [7, 11) is 0. The first kappa shape index (κ1) is 43.4. The molecule has 0 spiro atoms. The van der Waals surface area contributed by atoms with Crippen LogP contribution >= 0.6 is 0 Å². The van der Waals surface area contributed by atoms with Gasteiger partial charge in [0, 0.05) is 54.0 Å². The highest BCUT2D eigenvalue weighted by Crippen LogP contribution is 2.40. The van der Waals surface area contributed by atoms with Crippen LogP contribution in [0, 0.1) is 51.0 Å². The third kappa shape index (κ3) is 8.08. The average Bonchev–Trinajstić information content (AvgIpc) is 4.09. The molecule has 0 unspecified atom stereocenters. The molecule has 0 aliphatic carbocycles. The van der Waals surface area contributed by atoms with Crippen molar-refractivity contribution < 1.29 is 41.0 Å². The molecule has 2 fully saturated rings. The molecule has 0 bridgehead atoms. The van der Waals surface area contributed by atoms with Crippen LogP contribution in [0.25, 0.3) is 33.3 Å². The zero-order valence-electron chi connectivity index (χ0n) is 35.6. The predicted molar refractivity (Wildman–Crippen MR) is 232 cm³/mol. The maximum atomic E-state index is 14.0. The molecule has 3 amide bonds. The summed E-state index contributed by atoms with van der Waals surface area (Å²) < 4.78 is 67.1. The molecule has 330 valence electrons. The van der Waals surface area contributed by atoms with Crippen LogP contribution in [0.5, 0.6) is 0 Å². The Kier molecular flexibility index (Phi) is 11.8. The Labute approximate surface area is 364 Å². The van der Waals surface area contributed by atoms with E-state index in [4.69, 9.17) is 19.8 Å². The summed E-state index contributed by atoms with van der Waals surface area (Å²) in [4.78, 5) is 45.9. The lowest BCUT2D eigenvalue weighted by molar-refractivity contribution is -0.120. The summed E-state index contributed by atoms with van der Waals surface area (Å²) in [6.07, 6.45) is 2.12. The Hall–Kier alpha value is -7.30. The Morgan fingerprint density at radius 1 is 0.734 bits per heavy atom. The first-order valence-corrected chi connectivity index (χ1v) is 20.8. The number of aryl methyl sites for hydroxylation is 5. The summed E-state index contributed by atoms with van der Waals surface area (Å²) in [6.45, 7) is 10.2. The third-order valence-electron chi connectivity index (χ3n) is 11.6. The SMILES string of the molecule is CCCn1c([C@@H]2CCC(=O)N2c2ccc(F)c(F)c2)nc2cc(-c3c(C)noc3C)ccc21.Cc1noc(C)c1-c1ccc(N)c(NC(=O)[C@@H]2CCC(=O)N2c2ccc(F)c(F)c2)c1. The van der Waals surface area contributed by atoms with Gasteiger partial charge in [0.05, 0.1) is 39.8 Å². The molecule has 2 atom stereocenters. The zero-order chi connectivity index (χ0) is 45.6. The molecule has 64 heavy (non-hydrogen) atoms. The van der Waals surface area contributed by atoms with Gasteiger partial charge in [-0.25, -0.2) is 22.5 Å². The van der Waals surface area contributed by atoms with Crippen molar-refractivity contribution in [2.75, 3.05) is 20.9 Å². The van der Waals surface area contributed by atoms with Gasteiger partial charge in [0.15, 0.2) is 23.3 Å². The third-order valence-corrected chi connectivity index (χ3v) is 11.6. The molecule has 9 rings (SSSR count). The van der Waals surface area contributed by atoms with Crippen molar-refractivity contribution >= 4 is 51.5 Å². The van der Waals surface area contributed by atoms with Gasteiger partial charge in [-0.3, -0.25) is 19.3 Å². The molecule has 7 aromatic rings. The van der Waals surface area contributed by atoms with Crippen molar-refractivity contribution in [3.05, 3.63) is 125 Å². The molecule has 13 nitrogen and oxygen atoms in total. The number of nitrogen functional groups attached to an aromatic ring is 1. The summed E-state index contributed by atoms with van der Waals surface area (Å²) in [6, 6.07) is 16.7. The topological polar surface area (TPSA) is 166 Å². The van der Waals surface area contributed by atoms with Crippen LogP contribution in [0.15, 0.2) is 81.8 Å². The number of aromatic nitrogens is 4. The van der Waals surface area contributed by atoms with Gasteiger partial charge in [-0.05, 0) is 107 Å². The number of benzene rings is 4. The Bertz CT molecular complexity index is 2920. The van der Waals surface area contributed by atoms with Crippen molar-refractivity contribution in [2.45, 2.75) is 85.4 Å². The minimum absolute atomic E-state index is 0.117. The van der Waals surface area contributed by atoms with Crippen molar-refractivity contribution in [2.24, 2.45) is 0 Å². The molecular formula is C47H44F4N8O5. The van der Waals surface area contributed by atoms with Gasteiger partial charge in [-0.2, -0.15) is 0 Å². The van der Waals surface area contributed by atoms with E-state index in [1.165, 1.54) is 17.0 Å². The van der Waals surface area contributed by atoms with Gasteiger partial charge >= 0.3 is 0 Å². The Balaban J connectivity index is 0.000000175. The van der Waals surface area contributed by atoms with Crippen LogP contribution in [0.3, 0.4) is 0 Å². The number of imidazole rings is 1. The van der Waals surface area contributed by atoms with E-state index in [-0.39, 0.29) is 36.4 Å². The number of hydrogen-bond donors (Lipinski definition) is 2. The molecule has 5 heterocycles. The quantitative estimate of drug-likeness (QED) is 0.106. The summed E-state index contributed by atoms with van der Waals surface area (Å²) >= 11 is 0. The molecule has 3 N–H and O–H groups in total. The van der Waals surface area contributed by atoms with E-state index in [0.29, 0.717) is 41.4 Å². The van der Waals surface area contributed by atoms with Crippen molar-refractivity contribution in [1.29, 1.82) is 0 Å². The molecule has 17 heteroatoms. The minimum atomic E-state index is -1.09. The van der Waals surface area contributed by atoms with Crippen LogP contribution in [-0.2, 0) is 20.9 Å². The first-order valence-electron chi connectivity index (χ1n) is 20.8. The lowest BCUT2D eigenvalue weighted by atomic mass is 10.0. The van der Waals surface area contributed by atoms with E-state index < -0.39 is 35.2 Å². The fourth-order valence-corrected chi connectivity index (χ4v) is 8.62. The highest BCUT2D eigenvalue weighted by Gasteiger charge is 2.39. The number of amides is 3. The zero-order valence-corrected chi connectivity index (χ0v) is 35.6. The van der Waals surface area contributed by atoms with Gasteiger partial charge in [-0.1, -0.05) is 29.4 Å². The molecule has 3 aromatic heterocycles.